The molecule has 0 fully saturated rings. The molecule has 134 valence electrons. The molecular formula is C22H34O2. The number of hydrogen-bond donors (Lipinski definition) is 1. The molecule has 0 spiro atoms. The second kappa shape index (κ2) is 11.0. The van der Waals surface area contributed by atoms with Gasteiger partial charge in [-0.1, -0.05) is 37.0 Å². The smallest absolute Gasteiger partial charge is 0.123 e. The van der Waals surface area contributed by atoms with Gasteiger partial charge in [0.1, 0.15) is 18.1 Å². The first-order chi connectivity index (χ1) is 11.4. The molecule has 0 bridgehead atoms. The Morgan fingerprint density at radius 3 is 2.54 bits per heavy atom. The van der Waals surface area contributed by atoms with Crippen molar-refractivity contribution in [2.24, 2.45) is 0 Å². The summed E-state index contributed by atoms with van der Waals surface area (Å²) in [6, 6.07) is 3.81. The van der Waals surface area contributed by atoms with Gasteiger partial charge in [-0.25, -0.2) is 0 Å². The zero-order valence-corrected chi connectivity index (χ0v) is 16.1. The monoisotopic (exact) mass is 330 g/mol. The molecule has 24 heavy (non-hydrogen) atoms. The molecule has 2 nitrogen and oxygen atoms in total. The molecule has 0 radical (unpaired) electrons. The number of phenolic OH excluding ortho intramolecular Hbond substituents is 1. The van der Waals surface area contributed by atoms with Gasteiger partial charge in [-0.15, -0.1) is 0 Å². The number of ether oxygens (including phenoxy) is 1. The SMILES string of the molecule is CCCCCc1cc(OC/C=C(\C)CCC=C(C)C)cc(O)c1C. The molecule has 0 aliphatic heterocycles. The lowest BCUT2D eigenvalue weighted by atomic mass is 10.0. The first-order valence-corrected chi connectivity index (χ1v) is 9.18. The predicted octanol–water partition coefficient (Wildman–Crippen LogP) is 6.50. The Labute approximate surface area is 148 Å². The zero-order chi connectivity index (χ0) is 17.9. The molecule has 1 N–H and O–H groups in total. The van der Waals surface area contributed by atoms with E-state index in [1.165, 1.54) is 29.6 Å². The molecule has 0 atom stereocenters. The Morgan fingerprint density at radius 2 is 1.88 bits per heavy atom. The molecule has 1 aromatic carbocycles. The fourth-order valence-electron chi connectivity index (χ4n) is 2.61. The molecule has 1 rings (SSSR count). The second-order valence-electron chi connectivity index (χ2n) is 6.87. The Kier molecular flexibility index (Phi) is 9.29. The van der Waals surface area contributed by atoms with E-state index in [9.17, 15) is 5.11 Å². The number of hydrogen-bond acceptors (Lipinski definition) is 2. The van der Waals surface area contributed by atoms with Crippen molar-refractivity contribution in [1.29, 1.82) is 0 Å². The van der Waals surface area contributed by atoms with Gasteiger partial charge in [-0.2, -0.15) is 0 Å². The van der Waals surface area contributed by atoms with Crippen LogP contribution in [0.15, 0.2) is 35.4 Å². The van der Waals surface area contributed by atoms with Gasteiger partial charge in [0.15, 0.2) is 0 Å². The normalized spacial score (nSPS) is 11.5. The second-order valence-corrected chi connectivity index (χ2v) is 6.87. The van der Waals surface area contributed by atoms with Crippen LogP contribution < -0.4 is 4.74 Å². The van der Waals surface area contributed by atoms with Crippen LogP contribution in [0.4, 0.5) is 0 Å². The summed E-state index contributed by atoms with van der Waals surface area (Å²) in [6.45, 7) is 11.1. The Bertz CT molecular complexity index is 564. The molecule has 0 heterocycles. The summed E-state index contributed by atoms with van der Waals surface area (Å²) in [4.78, 5) is 0. The van der Waals surface area contributed by atoms with Gasteiger partial charge < -0.3 is 9.84 Å². The molecule has 0 aliphatic rings. The Hall–Kier alpha value is -1.70. The van der Waals surface area contributed by atoms with E-state index in [4.69, 9.17) is 4.74 Å². The van der Waals surface area contributed by atoms with E-state index in [0.717, 1.165) is 37.0 Å². The van der Waals surface area contributed by atoms with E-state index in [0.29, 0.717) is 12.4 Å². The van der Waals surface area contributed by atoms with Crippen molar-refractivity contribution in [3.63, 3.8) is 0 Å². The van der Waals surface area contributed by atoms with Gasteiger partial charge in [0, 0.05) is 6.07 Å². The minimum atomic E-state index is 0.336. The number of aromatic hydroxyl groups is 1. The number of rotatable bonds is 10. The van der Waals surface area contributed by atoms with Gasteiger partial charge in [-0.3, -0.25) is 0 Å². The van der Waals surface area contributed by atoms with E-state index < -0.39 is 0 Å². The summed E-state index contributed by atoms with van der Waals surface area (Å²) < 4.78 is 5.84. The Balaban J connectivity index is 2.59. The van der Waals surface area contributed by atoms with Gasteiger partial charge >= 0.3 is 0 Å². The van der Waals surface area contributed by atoms with Gasteiger partial charge in [0.05, 0.1) is 0 Å². The van der Waals surface area contributed by atoms with Crippen LogP contribution in [0.25, 0.3) is 0 Å². The first-order valence-electron chi connectivity index (χ1n) is 9.18. The number of allylic oxidation sites excluding steroid dienone is 3. The highest BCUT2D eigenvalue weighted by Gasteiger charge is 2.07. The van der Waals surface area contributed by atoms with Crippen LogP contribution in [0.2, 0.25) is 0 Å². The minimum Gasteiger partial charge on any atom is -0.508 e. The highest BCUT2D eigenvalue weighted by molar-refractivity contribution is 5.45. The van der Waals surface area contributed by atoms with Gasteiger partial charge in [-0.05, 0) is 76.6 Å². The zero-order valence-electron chi connectivity index (χ0n) is 16.1. The third-order valence-corrected chi connectivity index (χ3v) is 4.28. The Morgan fingerprint density at radius 1 is 1.12 bits per heavy atom. The molecule has 0 unspecified atom stereocenters. The van der Waals surface area contributed by atoms with Crippen molar-refractivity contribution in [2.75, 3.05) is 6.61 Å². The van der Waals surface area contributed by atoms with E-state index in [1.54, 1.807) is 6.07 Å². The van der Waals surface area contributed by atoms with Gasteiger partial charge in [0.2, 0.25) is 0 Å². The average molecular weight is 331 g/mol. The molecule has 1 aromatic rings. The van der Waals surface area contributed by atoms with Crippen molar-refractivity contribution < 1.29 is 9.84 Å². The molecule has 0 saturated heterocycles. The highest BCUT2D eigenvalue weighted by Crippen LogP contribution is 2.28. The van der Waals surface area contributed by atoms with Crippen molar-refractivity contribution >= 4 is 0 Å². The third-order valence-electron chi connectivity index (χ3n) is 4.28. The first kappa shape index (κ1) is 20.3. The van der Waals surface area contributed by atoms with E-state index >= 15 is 0 Å². The van der Waals surface area contributed by atoms with Crippen LogP contribution in [0.3, 0.4) is 0 Å². The van der Waals surface area contributed by atoms with Gasteiger partial charge in [0.25, 0.3) is 0 Å². The number of unbranched alkanes of at least 4 members (excludes halogenated alkanes) is 2. The number of aryl methyl sites for hydroxylation is 1. The summed E-state index contributed by atoms with van der Waals surface area (Å²) >= 11 is 0. The van der Waals surface area contributed by atoms with Crippen molar-refractivity contribution in [1.82, 2.24) is 0 Å². The lowest BCUT2D eigenvalue weighted by Gasteiger charge is -2.12. The van der Waals surface area contributed by atoms with Crippen LogP contribution >= 0.6 is 0 Å². The van der Waals surface area contributed by atoms with Crippen LogP contribution in [0, 0.1) is 6.92 Å². The minimum absolute atomic E-state index is 0.336. The maximum absolute atomic E-state index is 10.1. The van der Waals surface area contributed by atoms with Crippen molar-refractivity contribution in [2.45, 2.75) is 73.1 Å². The summed E-state index contributed by atoms with van der Waals surface area (Å²) in [6.07, 6.45) is 11.1. The third kappa shape index (κ3) is 7.72. The number of phenols is 1. The molecule has 0 saturated carbocycles. The van der Waals surface area contributed by atoms with E-state index in [1.807, 2.05) is 6.92 Å². The summed E-state index contributed by atoms with van der Waals surface area (Å²) in [7, 11) is 0. The lowest BCUT2D eigenvalue weighted by Crippen LogP contribution is -1.98. The summed E-state index contributed by atoms with van der Waals surface area (Å²) in [5.74, 6) is 1.10. The summed E-state index contributed by atoms with van der Waals surface area (Å²) in [5, 5.41) is 10.1. The predicted molar refractivity (Wildman–Crippen MR) is 104 cm³/mol. The summed E-state index contributed by atoms with van der Waals surface area (Å²) in [5.41, 5.74) is 4.88. The van der Waals surface area contributed by atoms with Crippen LogP contribution in [0.5, 0.6) is 11.5 Å². The van der Waals surface area contributed by atoms with E-state index in [2.05, 4.69) is 45.9 Å². The molecular weight excluding hydrogens is 296 g/mol. The standard InChI is InChI=1S/C22H34O2/c1-6-7-8-12-20-15-21(16-22(23)19(20)5)24-14-13-18(4)11-9-10-17(2)3/h10,13,15-16,23H,6-9,11-12,14H2,1-5H3/b18-13+. The molecule has 0 aliphatic carbocycles. The molecule has 0 amide bonds. The topological polar surface area (TPSA) is 29.5 Å². The van der Waals surface area contributed by atoms with E-state index in [-0.39, 0.29) is 0 Å². The van der Waals surface area contributed by atoms with Crippen molar-refractivity contribution in [3.8, 4) is 11.5 Å². The molecule has 2 heteroatoms. The lowest BCUT2D eigenvalue weighted by molar-refractivity contribution is 0.357. The van der Waals surface area contributed by atoms with Crippen LogP contribution in [0.1, 0.15) is 70.9 Å². The quantitative estimate of drug-likeness (QED) is 0.391. The molecule has 0 aromatic heterocycles. The number of benzene rings is 1. The highest BCUT2D eigenvalue weighted by atomic mass is 16.5. The van der Waals surface area contributed by atoms with Crippen LogP contribution in [-0.2, 0) is 6.42 Å². The maximum Gasteiger partial charge on any atom is 0.123 e. The largest absolute Gasteiger partial charge is 0.508 e. The fourth-order valence-corrected chi connectivity index (χ4v) is 2.61. The van der Waals surface area contributed by atoms with Crippen LogP contribution in [-0.4, -0.2) is 11.7 Å². The maximum atomic E-state index is 10.1. The fraction of sp³-hybridized carbons (Fsp3) is 0.545. The average Bonchev–Trinajstić information content (AvgIpc) is 2.51. The van der Waals surface area contributed by atoms with Crippen molar-refractivity contribution in [3.05, 3.63) is 46.6 Å².